The van der Waals surface area contributed by atoms with Gasteiger partial charge in [0, 0.05) is 9.94 Å². The molecule has 0 amide bonds. The van der Waals surface area contributed by atoms with Gasteiger partial charge in [-0.3, -0.25) is 0 Å². The highest BCUT2D eigenvalue weighted by Gasteiger charge is 2.24. The number of benzene rings is 1. The van der Waals surface area contributed by atoms with E-state index in [1.165, 1.54) is 0 Å². The zero-order valence-electron chi connectivity index (χ0n) is 6.07. The molecule has 0 radical (unpaired) electrons. The minimum Gasteiger partial charge on any atom is -0.427 e. The third-order valence-corrected chi connectivity index (χ3v) is 2.16. The predicted octanol–water partition coefficient (Wildman–Crippen LogP) is 0.501. The molecule has 0 aromatic heterocycles. The molecule has 0 saturated carbocycles. The maximum Gasteiger partial charge on any atom is 0.583 e. The molecule has 1 aliphatic rings. The second kappa shape index (κ2) is 2.92. The van der Waals surface area contributed by atoms with E-state index in [1.807, 2.05) is 12.1 Å². The standard InChI is InChI=1S/C7H5BBrNO2/c9-6-1-2-7-5(3-6)4-10-12-8(7)11/h1-4,11H. The molecule has 60 valence electrons. The fourth-order valence-corrected chi connectivity index (χ4v) is 1.46. The third-order valence-electron chi connectivity index (χ3n) is 1.67. The SMILES string of the molecule is OB1ON=Cc2cc(Br)ccc21. The van der Waals surface area contributed by atoms with Gasteiger partial charge in [0.05, 0.1) is 6.21 Å². The first-order valence-electron chi connectivity index (χ1n) is 3.44. The monoisotopic (exact) mass is 225 g/mol. The van der Waals surface area contributed by atoms with Crippen LogP contribution < -0.4 is 5.46 Å². The van der Waals surface area contributed by atoms with E-state index in [-0.39, 0.29) is 0 Å². The summed E-state index contributed by atoms with van der Waals surface area (Å²) in [6, 6.07) is 5.53. The second-order valence-electron chi connectivity index (χ2n) is 2.47. The first-order chi connectivity index (χ1) is 5.77. The molecule has 0 spiro atoms. The van der Waals surface area contributed by atoms with Crippen molar-refractivity contribution < 1.29 is 9.78 Å². The Morgan fingerprint density at radius 2 is 2.33 bits per heavy atom. The van der Waals surface area contributed by atoms with Gasteiger partial charge in [0.25, 0.3) is 0 Å². The maximum atomic E-state index is 9.30. The Labute approximate surface area is 78.3 Å². The summed E-state index contributed by atoms with van der Waals surface area (Å²) in [6.45, 7) is 0. The van der Waals surface area contributed by atoms with Crippen LogP contribution in [0, 0.1) is 0 Å². The van der Waals surface area contributed by atoms with Gasteiger partial charge in [-0.1, -0.05) is 22.0 Å². The lowest BCUT2D eigenvalue weighted by Gasteiger charge is -2.11. The quantitative estimate of drug-likeness (QED) is 0.654. The molecule has 5 heteroatoms. The number of rotatable bonds is 0. The van der Waals surface area contributed by atoms with Crippen molar-refractivity contribution >= 4 is 34.7 Å². The summed E-state index contributed by atoms with van der Waals surface area (Å²) >= 11 is 3.33. The molecule has 1 N–H and O–H groups in total. The summed E-state index contributed by atoms with van der Waals surface area (Å²) in [5, 5.41) is 12.8. The molecular formula is C7H5BBrNO2. The van der Waals surface area contributed by atoms with Gasteiger partial charge in [0.15, 0.2) is 0 Å². The van der Waals surface area contributed by atoms with E-state index in [0.29, 0.717) is 0 Å². The van der Waals surface area contributed by atoms with Crippen LogP contribution in [0.2, 0.25) is 0 Å². The zero-order valence-corrected chi connectivity index (χ0v) is 7.65. The van der Waals surface area contributed by atoms with Gasteiger partial charge in [-0.25, -0.2) is 0 Å². The van der Waals surface area contributed by atoms with Crippen molar-refractivity contribution in [2.75, 3.05) is 0 Å². The third kappa shape index (κ3) is 1.25. The van der Waals surface area contributed by atoms with Crippen molar-refractivity contribution in [1.29, 1.82) is 0 Å². The summed E-state index contributed by atoms with van der Waals surface area (Å²) in [5.41, 5.74) is 1.62. The summed E-state index contributed by atoms with van der Waals surface area (Å²) in [7, 11) is -0.932. The van der Waals surface area contributed by atoms with Crippen LogP contribution in [0.25, 0.3) is 0 Å². The van der Waals surface area contributed by atoms with Gasteiger partial charge in [-0.15, -0.1) is 5.16 Å². The molecule has 0 unspecified atom stereocenters. The fourth-order valence-electron chi connectivity index (χ4n) is 1.08. The van der Waals surface area contributed by atoms with Crippen LogP contribution in [0.3, 0.4) is 0 Å². The average Bonchev–Trinajstić information content (AvgIpc) is 2.04. The van der Waals surface area contributed by atoms with Crippen molar-refractivity contribution in [2.45, 2.75) is 0 Å². The van der Waals surface area contributed by atoms with Crippen LogP contribution in [0.1, 0.15) is 5.56 Å². The maximum absolute atomic E-state index is 9.30. The highest BCUT2D eigenvalue weighted by atomic mass is 79.9. The van der Waals surface area contributed by atoms with Crippen molar-refractivity contribution in [2.24, 2.45) is 5.16 Å². The van der Waals surface area contributed by atoms with Gasteiger partial charge < -0.3 is 9.78 Å². The van der Waals surface area contributed by atoms with Gasteiger partial charge in [-0.2, -0.15) is 0 Å². The Morgan fingerprint density at radius 1 is 1.50 bits per heavy atom. The molecule has 0 aliphatic carbocycles. The van der Waals surface area contributed by atoms with Crippen LogP contribution in [0.4, 0.5) is 0 Å². The molecule has 2 rings (SSSR count). The van der Waals surface area contributed by atoms with Crippen LogP contribution >= 0.6 is 15.9 Å². The van der Waals surface area contributed by atoms with Gasteiger partial charge >= 0.3 is 7.12 Å². The van der Waals surface area contributed by atoms with Crippen LogP contribution in [0.5, 0.6) is 0 Å². The fraction of sp³-hybridized carbons (Fsp3) is 0. The summed E-state index contributed by atoms with van der Waals surface area (Å²) in [6.07, 6.45) is 1.58. The summed E-state index contributed by atoms with van der Waals surface area (Å²) in [5.74, 6) is 0. The second-order valence-corrected chi connectivity index (χ2v) is 3.38. The molecule has 12 heavy (non-hydrogen) atoms. The normalized spacial score (nSPS) is 14.0. The lowest BCUT2D eigenvalue weighted by Crippen LogP contribution is -2.37. The number of nitrogens with zero attached hydrogens (tertiary/aromatic N) is 1. The zero-order chi connectivity index (χ0) is 8.55. The molecule has 1 aliphatic heterocycles. The van der Waals surface area contributed by atoms with Gasteiger partial charge in [0.2, 0.25) is 0 Å². The molecular weight excluding hydrogens is 221 g/mol. The van der Waals surface area contributed by atoms with E-state index in [9.17, 15) is 5.02 Å². The topological polar surface area (TPSA) is 41.8 Å². The Bertz CT molecular complexity index is 342. The predicted molar refractivity (Wildman–Crippen MR) is 50.4 cm³/mol. The summed E-state index contributed by atoms with van der Waals surface area (Å²) in [4.78, 5) is 0. The summed E-state index contributed by atoms with van der Waals surface area (Å²) < 4.78 is 5.61. The lowest BCUT2D eigenvalue weighted by molar-refractivity contribution is 0.286. The number of hydrogen-bond donors (Lipinski definition) is 1. The van der Waals surface area contributed by atoms with Crippen molar-refractivity contribution in [3.63, 3.8) is 0 Å². The number of halogens is 1. The first-order valence-corrected chi connectivity index (χ1v) is 4.23. The van der Waals surface area contributed by atoms with E-state index >= 15 is 0 Å². The highest BCUT2D eigenvalue weighted by Crippen LogP contribution is 2.11. The lowest BCUT2D eigenvalue weighted by atomic mass is 9.76. The average molecular weight is 226 g/mol. The Kier molecular flexibility index (Phi) is 1.90. The van der Waals surface area contributed by atoms with Gasteiger partial charge in [0.1, 0.15) is 0 Å². The van der Waals surface area contributed by atoms with Crippen molar-refractivity contribution in [1.82, 2.24) is 0 Å². The molecule has 3 nitrogen and oxygen atoms in total. The minimum absolute atomic E-state index is 0.744. The molecule has 0 fully saturated rings. The van der Waals surface area contributed by atoms with Crippen molar-refractivity contribution in [3.8, 4) is 0 Å². The molecule has 0 saturated heterocycles. The minimum atomic E-state index is -0.932. The molecule has 1 aromatic carbocycles. The first kappa shape index (κ1) is 7.82. The number of hydrogen-bond acceptors (Lipinski definition) is 3. The molecule has 1 heterocycles. The largest absolute Gasteiger partial charge is 0.583 e. The Balaban J connectivity index is 2.55. The number of oxime groups is 1. The van der Waals surface area contributed by atoms with Crippen LogP contribution in [-0.4, -0.2) is 18.4 Å². The van der Waals surface area contributed by atoms with E-state index in [2.05, 4.69) is 25.8 Å². The molecule has 1 aromatic rings. The smallest absolute Gasteiger partial charge is 0.427 e. The van der Waals surface area contributed by atoms with Crippen molar-refractivity contribution in [3.05, 3.63) is 28.2 Å². The van der Waals surface area contributed by atoms with Gasteiger partial charge in [-0.05, 0) is 17.7 Å². The van der Waals surface area contributed by atoms with E-state index in [4.69, 9.17) is 0 Å². The van der Waals surface area contributed by atoms with E-state index in [0.717, 1.165) is 15.5 Å². The Hall–Kier alpha value is -0.805. The van der Waals surface area contributed by atoms with Crippen LogP contribution in [0.15, 0.2) is 27.8 Å². The van der Waals surface area contributed by atoms with E-state index < -0.39 is 7.12 Å². The molecule has 0 atom stereocenters. The highest BCUT2D eigenvalue weighted by molar-refractivity contribution is 9.10. The van der Waals surface area contributed by atoms with E-state index in [1.54, 1.807) is 12.3 Å². The Morgan fingerprint density at radius 3 is 3.17 bits per heavy atom. The van der Waals surface area contributed by atoms with Crippen LogP contribution in [-0.2, 0) is 4.76 Å². The number of fused-ring (bicyclic) bond motifs is 1. The molecule has 0 bridgehead atoms.